The molecular weight excluding hydrogens is 447 g/mol. The molecule has 0 saturated heterocycles. The topological polar surface area (TPSA) is 115 Å². The van der Waals surface area contributed by atoms with Crippen LogP contribution in [0.25, 0.3) is 0 Å². The van der Waals surface area contributed by atoms with Crippen LogP contribution in [0.1, 0.15) is 38.3 Å². The largest absolute Gasteiger partial charge is 0.350 e. The lowest BCUT2D eigenvalue weighted by Crippen LogP contribution is -2.35. The van der Waals surface area contributed by atoms with Crippen LogP contribution in [-0.2, 0) is 6.54 Å². The first-order valence-corrected chi connectivity index (χ1v) is 9.49. The maximum absolute atomic E-state index is 13.5. The zero-order chi connectivity index (χ0) is 21.0. The first-order chi connectivity index (χ1) is 13.9. The quantitative estimate of drug-likeness (QED) is 0.516. The molecule has 0 radical (unpaired) electrons. The zero-order valence-electron chi connectivity index (χ0n) is 15.7. The van der Waals surface area contributed by atoms with Crippen molar-refractivity contribution in [1.29, 1.82) is 0 Å². The summed E-state index contributed by atoms with van der Waals surface area (Å²) in [5, 5.41) is 13.2. The third-order valence-corrected chi connectivity index (χ3v) is 5.21. The van der Waals surface area contributed by atoms with Gasteiger partial charge in [-0.05, 0) is 41.9 Å². The average molecular weight is 465 g/mol. The molecule has 0 aliphatic carbocycles. The molecule has 2 aromatic heterocycles. The fraction of sp³-hybridized carbons (Fsp3) is 0.278. The van der Waals surface area contributed by atoms with Crippen LogP contribution in [0.3, 0.4) is 0 Å². The Kier molecular flexibility index (Phi) is 6.37. The van der Waals surface area contributed by atoms with Crippen molar-refractivity contribution in [2.24, 2.45) is 0 Å². The summed E-state index contributed by atoms with van der Waals surface area (Å²) in [6.45, 7) is 4.25. The summed E-state index contributed by atoms with van der Waals surface area (Å²) in [6, 6.07) is 5.65. The Bertz CT molecular complexity index is 1050. The molecular formula is C18H18BrFN6O3. The van der Waals surface area contributed by atoms with Gasteiger partial charge in [0, 0.05) is 13.1 Å². The Hall–Kier alpha value is -3.08. The zero-order valence-corrected chi connectivity index (χ0v) is 17.3. The van der Waals surface area contributed by atoms with Crippen molar-refractivity contribution < 1.29 is 18.5 Å². The lowest BCUT2D eigenvalue weighted by molar-refractivity contribution is 0.0897. The monoisotopic (exact) mass is 464 g/mol. The number of hydrogen-bond donors (Lipinski definition) is 2. The highest BCUT2D eigenvalue weighted by molar-refractivity contribution is 9.10. The van der Waals surface area contributed by atoms with Crippen molar-refractivity contribution in [3.05, 3.63) is 63.2 Å². The molecule has 2 amide bonds. The second kappa shape index (κ2) is 8.95. The van der Waals surface area contributed by atoms with E-state index in [0.717, 1.165) is 15.9 Å². The molecule has 1 aromatic carbocycles. The lowest BCUT2D eigenvalue weighted by Gasteiger charge is -2.06. The number of carbonyl (C=O) groups excluding carboxylic acids is 2. The Labute approximate surface area is 173 Å². The number of halogens is 2. The van der Waals surface area contributed by atoms with Gasteiger partial charge in [0.25, 0.3) is 5.91 Å². The van der Waals surface area contributed by atoms with Crippen molar-refractivity contribution in [3.63, 3.8) is 0 Å². The number of carbonyl (C=O) groups is 2. The van der Waals surface area contributed by atoms with Gasteiger partial charge in [-0.15, -0.1) is 0 Å². The summed E-state index contributed by atoms with van der Waals surface area (Å²) >= 11 is 3.44. The molecule has 0 atom stereocenters. The number of nitrogens with zero attached hydrogens (tertiary/aromatic N) is 4. The third-order valence-electron chi connectivity index (χ3n) is 4.06. The molecule has 29 heavy (non-hydrogen) atoms. The highest BCUT2D eigenvalue weighted by Crippen LogP contribution is 2.20. The summed E-state index contributed by atoms with van der Waals surface area (Å²) < 4.78 is 21.1. The Morgan fingerprint density at radius 2 is 1.86 bits per heavy atom. The molecule has 11 heteroatoms. The summed E-state index contributed by atoms with van der Waals surface area (Å²) in [5.41, 5.74) is 1.68. The normalized spacial score (nSPS) is 10.8. The van der Waals surface area contributed by atoms with E-state index >= 15 is 0 Å². The van der Waals surface area contributed by atoms with Gasteiger partial charge in [0.1, 0.15) is 12.4 Å². The van der Waals surface area contributed by atoms with Crippen molar-refractivity contribution in [2.75, 3.05) is 13.1 Å². The van der Waals surface area contributed by atoms with Crippen LogP contribution >= 0.6 is 15.9 Å². The Morgan fingerprint density at radius 1 is 1.17 bits per heavy atom. The fourth-order valence-electron chi connectivity index (χ4n) is 2.54. The summed E-state index contributed by atoms with van der Waals surface area (Å²) in [4.78, 5) is 28.0. The number of benzene rings is 1. The van der Waals surface area contributed by atoms with Gasteiger partial charge in [0.05, 0.1) is 21.4 Å². The standard InChI is InChI=1S/C18H18BrFN6O3/c1-10-15(19)11(2)26(24-10)9-14-23-18(29-25-14)17(28)22-8-7-21-16(27)12-5-3-4-6-13(12)20/h3-6H,7-9H2,1-2H3,(H,21,27)(H,22,28). The molecule has 152 valence electrons. The molecule has 0 unspecified atom stereocenters. The molecule has 0 aliphatic heterocycles. The van der Waals surface area contributed by atoms with E-state index in [1.807, 2.05) is 13.8 Å². The van der Waals surface area contributed by atoms with Gasteiger partial charge in [0.15, 0.2) is 5.82 Å². The fourth-order valence-corrected chi connectivity index (χ4v) is 2.83. The van der Waals surface area contributed by atoms with Crippen LogP contribution in [-0.4, -0.2) is 44.8 Å². The molecule has 0 saturated carbocycles. The number of nitrogens with one attached hydrogen (secondary N) is 2. The van der Waals surface area contributed by atoms with Crippen molar-refractivity contribution in [3.8, 4) is 0 Å². The van der Waals surface area contributed by atoms with Crippen LogP contribution in [0.5, 0.6) is 0 Å². The van der Waals surface area contributed by atoms with Gasteiger partial charge in [-0.2, -0.15) is 10.1 Å². The van der Waals surface area contributed by atoms with Crippen LogP contribution in [0.4, 0.5) is 4.39 Å². The number of rotatable bonds is 7. The van der Waals surface area contributed by atoms with Crippen molar-refractivity contribution in [1.82, 2.24) is 30.6 Å². The van der Waals surface area contributed by atoms with E-state index in [1.54, 1.807) is 10.7 Å². The molecule has 2 heterocycles. The summed E-state index contributed by atoms with van der Waals surface area (Å²) in [5.74, 6) is -1.63. The van der Waals surface area contributed by atoms with Gasteiger partial charge in [-0.3, -0.25) is 14.3 Å². The second-order valence-electron chi connectivity index (χ2n) is 6.15. The van der Waals surface area contributed by atoms with E-state index in [2.05, 4.69) is 41.8 Å². The number of amides is 2. The van der Waals surface area contributed by atoms with E-state index < -0.39 is 17.6 Å². The highest BCUT2D eigenvalue weighted by Gasteiger charge is 2.17. The van der Waals surface area contributed by atoms with Gasteiger partial charge < -0.3 is 15.2 Å². The Balaban J connectivity index is 1.48. The van der Waals surface area contributed by atoms with Gasteiger partial charge in [-0.1, -0.05) is 17.3 Å². The number of aryl methyl sites for hydroxylation is 1. The van der Waals surface area contributed by atoms with Crippen LogP contribution in [0, 0.1) is 19.7 Å². The predicted molar refractivity (Wildman–Crippen MR) is 104 cm³/mol. The predicted octanol–water partition coefficient (Wildman–Crippen LogP) is 1.99. The van der Waals surface area contributed by atoms with Crippen molar-refractivity contribution >= 4 is 27.7 Å². The van der Waals surface area contributed by atoms with Gasteiger partial charge in [0.2, 0.25) is 0 Å². The minimum atomic E-state index is -0.609. The summed E-state index contributed by atoms with van der Waals surface area (Å²) in [7, 11) is 0. The van der Waals surface area contributed by atoms with E-state index in [0.29, 0.717) is 5.82 Å². The van der Waals surface area contributed by atoms with Gasteiger partial charge >= 0.3 is 11.8 Å². The molecule has 0 fully saturated rings. The maximum Gasteiger partial charge on any atom is 0.316 e. The molecule has 3 rings (SSSR count). The molecule has 0 spiro atoms. The molecule has 0 aliphatic rings. The first kappa shape index (κ1) is 20.6. The van der Waals surface area contributed by atoms with Crippen LogP contribution in [0.15, 0.2) is 33.3 Å². The van der Waals surface area contributed by atoms with Crippen LogP contribution < -0.4 is 10.6 Å². The smallest absolute Gasteiger partial charge is 0.316 e. The number of aromatic nitrogens is 4. The van der Waals surface area contributed by atoms with E-state index in [4.69, 9.17) is 4.52 Å². The minimum Gasteiger partial charge on any atom is -0.350 e. The molecule has 2 N–H and O–H groups in total. The first-order valence-electron chi connectivity index (χ1n) is 8.70. The second-order valence-corrected chi connectivity index (χ2v) is 6.94. The molecule has 9 nitrogen and oxygen atoms in total. The van der Waals surface area contributed by atoms with E-state index in [9.17, 15) is 14.0 Å². The van der Waals surface area contributed by atoms with Gasteiger partial charge in [-0.25, -0.2) is 4.39 Å². The molecule has 0 bridgehead atoms. The minimum absolute atomic E-state index is 0.0591. The van der Waals surface area contributed by atoms with E-state index in [-0.39, 0.29) is 31.1 Å². The lowest BCUT2D eigenvalue weighted by atomic mass is 10.2. The molecule has 3 aromatic rings. The maximum atomic E-state index is 13.5. The van der Waals surface area contributed by atoms with E-state index in [1.165, 1.54) is 18.2 Å². The SMILES string of the molecule is Cc1nn(Cc2noc(C(=O)NCCNC(=O)c3ccccc3F)n2)c(C)c1Br. The highest BCUT2D eigenvalue weighted by atomic mass is 79.9. The number of hydrogen-bond acceptors (Lipinski definition) is 6. The average Bonchev–Trinajstić information content (AvgIpc) is 3.26. The third kappa shape index (κ3) is 4.86. The van der Waals surface area contributed by atoms with Crippen molar-refractivity contribution in [2.45, 2.75) is 20.4 Å². The summed E-state index contributed by atoms with van der Waals surface area (Å²) in [6.07, 6.45) is 0. The van der Waals surface area contributed by atoms with Crippen LogP contribution in [0.2, 0.25) is 0 Å². The Morgan fingerprint density at radius 3 is 2.52 bits per heavy atom.